The third kappa shape index (κ3) is 3.37. The standard InChI is InChI=1S/C14H14N2O4S2/c1-9-12(5-13(20-9)22(3,18)19)14(17)16(2)7-11-4-10(6-15)8-21-11/h4-5,8H,7H2,1-3H3. The zero-order valence-electron chi connectivity index (χ0n) is 12.3. The normalized spacial score (nSPS) is 11.2. The molecule has 0 aliphatic heterocycles. The van der Waals surface area contributed by atoms with Gasteiger partial charge in [0.25, 0.3) is 5.91 Å². The first-order valence-electron chi connectivity index (χ1n) is 6.26. The number of aryl methyl sites for hydroxylation is 1. The van der Waals surface area contributed by atoms with Crippen molar-refractivity contribution >= 4 is 27.1 Å². The number of carbonyl (C=O) groups excluding carboxylic acids is 1. The molecule has 0 aliphatic rings. The molecule has 8 heteroatoms. The summed E-state index contributed by atoms with van der Waals surface area (Å²) in [5.41, 5.74) is 0.777. The highest BCUT2D eigenvalue weighted by atomic mass is 32.2. The van der Waals surface area contributed by atoms with Crippen LogP contribution in [0.4, 0.5) is 0 Å². The summed E-state index contributed by atoms with van der Waals surface area (Å²) >= 11 is 1.39. The van der Waals surface area contributed by atoms with Crippen LogP contribution in [0.5, 0.6) is 0 Å². The molecule has 6 nitrogen and oxygen atoms in total. The molecule has 0 saturated carbocycles. The molecule has 0 aromatic carbocycles. The monoisotopic (exact) mass is 338 g/mol. The molecule has 0 saturated heterocycles. The third-order valence-corrected chi connectivity index (χ3v) is 4.87. The van der Waals surface area contributed by atoms with Gasteiger partial charge in [-0.2, -0.15) is 5.26 Å². The van der Waals surface area contributed by atoms with Crippen molar-refractivity contribution in [3.63, 3.8) is 0 Å². The quantitative estimate of drug-likeness (QED) is 0.852. The highest BCUT2D eigenvalue weighted by molar-refractivity contribution is 7.90. The molecule has 22 heavy (non-hydrogen) atoms. The van der Waals surface area contributed by atoms with Crippen LogP contribution >= 0.6 is 11.3 Å². The fraction of sp³-hybridized carbons (Fsp3) is 0.286. The van der Waals surface area contributed by atoms with E-state index in [1.165, 1.54) is 22.3 Å². The van der Waals surface area contributed by atoms with Crippen LogP contribution in [-0.2, 0) is 16.4 Å². The van der Waals surface area contributed by atoms with E-state index in [0.717, 1.165) is 11.1 Å². The lowest BCUT2D eigenvalue weighted by atomic mass is 10.2. The number of rotatable bonds is 4. The van der Waals surface area contributed by atoms with Crippen LogP contribution in [0.15, 0.2) is 27.0 Å². The average Bonchev–Trinajstić information content (AvgIpc) is 3.03. The summed E-state index contributed by atoms with van der Waals surface area (Å²) in [6, 6.07) is 5.01. The summed E-state index contributed by atoms with van der Waals surface area (Å²) in [5.74, 6) is -0.0655. The van der Waals surface area contributed by atoms with E-state index in [-0.39, 0.29) is 22.3 Å². The predicted molar refractivity (Wildman–Crippen MR) is 81.4 cm³/mol. The van der Waals surface area contributed by atoms with E-state index in [4.69, 9.17) is 9.68 Å². The minimum absolute atomic E-state index is 0.218. The second kappa shape index (κ2) is 5.94. The van der Waals surface area contributed by atoms with Gasteiger partial charge in [0, 0.05) is 29.6 Å². The maximum absolute atomic E-state index is 12.4. The van der Waals surface area contributed by atoms with Crippen molar-refractivity contribution in [3.05, 3.63) is 39.3 Å². The van der Waals surface area contributed by atoms with E-state index in [9.17, 15) is 13.2 Å². The molecular formula is C14H14N2O4S2. The molecule has 2 aromatic rings. The van der Waals surface area contributed by atoms with E-state index in [1.807, 2.05) is 6.07 Å². The molecule has 2 rings (SSSR count). The van der Waals surface area contributed by atoms with E-state index in [0.29, 0.717) is 12.1 Å². The van der Waals surface area contributed by atoms with Gasteiger partial charge in [0.2, 0.25) is 14.9 Å². The van der Waals surface area contributed by atoms with E-state index in [2.05, 4.69) is 0 Å². The molecule has 0 atom stereocenters. The van der Waals surface area contributed by atoms with Crippen LogP contribution in [0, 0.1) is 18.3 Å². The van der Waals surface area contributed by atoms with E-state index >= 15 is 0 Å². The van der Waals surface area contributed by atoms with Gasteiger partial charge < -0.3 is 9.32 Å². The first-order chi connectivity index (χ1) is 10.2. The van der Waals surface area contributed by atoms with Crippen molar-refractivity contribution in [1.29, 1.82) is 5.26 Å². The van der Waals surface area contributed by atoms with Gasteiger partial charge in [-0.25, -0.2) is 8.42 Å². The molecule has 0 aliphatic carbocycles. The van der Waals surface area contributed by atoms with Crippen LogP contribution in [0.2, 0.25) is 0 Å². The minimum atomic E-state index is -3.49. The average molecular weight is 338 g/mol. The maximum atomic E-state index is 12.4. The molecule has 1 amide bonds. The summed E-state index contributed by atoms with van der Waals surface area (Å²) in [7, 11) is -1.88. The van der Waals surface area contributed by atoms with Gasteiger partial charge in [-0.3, -0.25) is 4.79 Å². The van der Waals surface area contributed by atoms with Crippen LogP contribution in [-0.4, -0.2) is 32.5 Å². The molecular weight excluding hydrogens is 324 g/mol. The smallest absolute Gasteiger partial charge is 0.257 e. The van der Waals surface area contributed by atoms with Gasteiger partial charge in [-0.05, 0) is 13.0 Å². The number of hydrogen-bond donors (Lipinski definition) is 0. The molecule has 2 heterocycles. The molecule has 0 radical (unpaired) electrons. The highest BCUT2D eigenvalue weighted by Crippen LogP contribution is 2.22. The van der Waals surface area contributed by atoms with Crippen molar-refractivity contribution in [3.8, 4) is 6.07 Å². The van der Waals surface area contributed by atoms with Crippen molar-refractivity contribution < 1.29 is 17.6 Å². The molecule has 0 N–H and O–H groups in total. The number of furan rings is 1. The van der Waals surface area contributed by atoms with Gasteiger partial charge >= 0.3 is 0 Å². The molecule has 0 spiro atoms. The van der Waals surface area contributed by atoms with Gasteiger partial charge in [-0.15, -0.1) is 11.3 Å². The summed E-state index contributed by atoms with van der Waals surface area (Å²) in [4.78, 5) is 14.7. The number of carbonyl (C=O) groups is 1. The van der Waals surface area contributed by atoms with E-state index in [1.54, 1.807) is 25.4 Å². The van der Waals surface area contributed by atoms with Crippen LogP contribution in [0.25, 0.3) is 0 Å². The number of nitriles is 1. The fourth-order valence-electron chi connectivity index (χ4n) is 1.88. The number of nitrogens with zero attached hydrogens (tertiary/aromatic N) is 2. The highest BCUT2D eigenvalue weighted by Gasteiger charge is 2.22. The number of sulfone groups is 1. The zero-order valence-corrected chi connectivity index (χ0v) is 13.9. The Morgan fingerprint density at radius 1 is 1.45 bits per heavy atom. The molecule has 2 aromatic heterocycles. The van der Waals surface area contributed by atoms with Gasteiger partial charge in [0.1, 0.15) is 11.8 Å². The van der Waals surface area contributed by atoms with Crippen molar-refractivity contribution in [2.75, 3.05) is 13.3 Å². The summed E-state index contributed by atoms with van der Waals surface area (Å²) in [6.07, 6.45) is 1.03. The Kier molecular flexibility index (Phi) is 4.39. The first kappa shape index (κ1) is 16.3. The van der Waals surface area contributed by atoms with Crippen molar-refractivity contribution in [2.45, 2.75) is 18.6 Å². The van der Waals surface area contributed by atoms with Crippen LogP contribution in [0.3, 0.4) is 0 Å². The Bertz CT molecular complexity index is 856. The summed E-state index contributed by atoms with van der Waals surface area (Å²) in [6.45, 7) is 1.89. The van der Waals surface area contributed by atoms with Gasteiger partial charge in [-0.1, -0.05) is 0 Å². The topological polar surface area (TPSA) is 91.4 Å². The summed E-state index contributed by atoms with van der Waals surface area (Å²) in [5, 5.41) is 10.3. The predicted octanol–water partition coefficient (Wildman–Crippen LogP) is 2.20. The largest absolute Gasteiger partial charge is 0.449 e. The molecule has 0 unspecified atom stereocenters. The van der Waals surface area contributed by atoms with Crippen molar-refractivity contribution in [1.82, 2.24) is 4.90 Å². The first-order valence-corrected chi connectivity index (χ1v) is 9.03. The Hall–Kier alpha value is -2.11. The van der Waals surface area contributed by atoms with E-state index < -0.39 is 9.84 Å². The Morgan fingerprint density at radius 3 is 2.64 bits per heavy atom. The van der Waals surface area contributed by atoms with Gasteiger partial charge in [0.05, 0.1) is 17.7 Å². The lowest BCUT2D eigenvalue weighted by Crippen LogP contribution is -2.26. The number of amides is 1. The lowest BCUT2D eigenvalue weighted by Gasteiger charge is -2.15. The van der Waals surface area contributed by atoms with Gasteiger partial charge in [0.15, 0.2) is 0 Å². The lowest BCUT2D eigenvalue weighted by molar-refractivity contribution is 0.0784. The van der Waals surface area contributed by atoms with Crippen molar-refractivity contribution in [2.24, 2.45) is 0 Å². The maximum Gasteiger partial charge on any atom is 0.257 e. The van der Waals surface area contributed by atoms with Crippen LogP contribution < -0.4 is 0 Å². The van der Waals surface area contributed by atoms with Crippen LogP contribution in [0.1, 0.15) is 26.6 Å². The Labute approximate surface area is 132 Å². The number of hydrogen-bond acceptors (Lipinski definition) is 6. The second-order valence-corrected chi connectivity index (χ2v) is 7.82. The Morgan fingerprint density at radius 2 is 2.14 bits per heavy atom. The zero-order chi connectivity index (χ0) is 16.5. The molecule has 116 valence electrons. The molecule has 0 fully saturated rings. The SMILES string of the molecule is Cc1oc(S(C)(=O)=O)cc1C(=O)N(C)Cc1cc(C#N)cs1. The third-order valence-electron chi connectivity index (χ3n) is 3.01. The second-order valence-electron chi connectivity index (χ2n) is 4.88. The Balaban J connectivity index is 2.21. The summed E-state index contributed by atoms with van der Waals surface area (Å²) < 4.78 is 28.1. The number of thiophene rings is 1. The minimum Gasteiger partial charge on any atom is -0.449 e. The molecule has 0 bridgehead atoms. The fourth-order valence-corrected chi connectivity index (χ4v) is 3.35.